The summed E-state index contributed by atoms with van der Waals surface area (Å²) in [5.74, 6) is -0.0520. The van der Waals surface area contributed by atoms with Crippen molar-refractivity contribution in [1.82, 2.24) is 4.57 Å². The molecular formula is C26H20BrN5O3S2. The molecule has 0 aliphatic heterocycles. The van der Waals surface area contributed by atoms with Crippen LogP contribution in [-0.4, -0.2) is 23.2 Å². The molecule has 0 unspecified atom stereocenters. The summed E-state index contributed by atoms with van der Waals surface area (Å²) in [5.41, 5.74) is 2.48. The zero-order valence-corrected chi connectivity index (χ0v) is 22.4. The van der Waals surface area contributed by atoms with Gasteiger partial charge in [0, 0.05) is 15.5 Å². The number of aromatic nitrogens is 1. The van der Waals surface area contributed by atoms with E-state index in [0.717, 1.165) is 26.3 Å². The normalized spacial score (nSPS) is 11.9. The fraction of sp³-hybridized carbons (Fsp3) is 0.0385. The van der Waals surface area contributed by atoms with Gasteiger partial charge in [0.25, 0.3) is 0 Å². The van der Waals surface area contributed by atoms with Crippen LogP contribution in [-0.2, 0) is 16.6 Å². The minimum absolute atomic E-state index is 0.0177. The van der Waals surface area contributed by atoms with Gasteiger partial charge in [-0.2, -0.15) is 0 Å². The first-order valence-corrected chi connectivity index (χ1v) is 13.8. The van der Waals surface area contributed by atoms with Gasteiger partial charge >= 0.3 is 0 Å². The molecule has 11 heteroatoms. The van der Waals surface area contributed by atoms with Crippen LogP contribution >= 0.6 is 28.1 Å². The van der Waals surface area contributed by atoms with E-state index in [1.807, 2.05) is 42.5 Å². The number of thiocarbonyl (C=S) groups is 1. The van der Waals surface area contributed by atoms with Crippen LogP contribution in [0.4, 0.5) is 11.4 Å². The Morgan fingerprint density at radius 1 is 1.00 bits per heavy atom. The number of nitrogens with zero attached hydrogens (tertiary/aromatic N) is 3. The number of hydrogen-bond acceptors (Lipinski definition) is 5. The first kappa shape index (κ1) is 25.0. The molecule has 4 aromatic carbocycles. The van der Waals surface area contributed by atoms with E-state index < -0.39 is 10.0 Å². The molecule has 0 aliphatic rings. The maximum Gasteiger partial charge on any atom is 0.238 e. The fourth-order valence-corrected chi connectivity index (χ4v) is 5.23. The van der Waals surface area contributed by atoms with Gasteiger partial charge in [-0.05, 0) is 65.0 Å². The molecule has 0 bridgehead atoms. The summed E-state index contributed by atoms with van der Waals surface area (Å²) >= 11 is 8.76. The molecule has 0 spiro atoms. The van der Waals surface area contributed by atoms with Crippen molar-refractivity contribution in [2.75, 3.05) is 5.32 Å². The first-order valence-electron chi connectivity index (χ1n) is 11.0. The predicted molar refractivity (Wildman–Crippen MR) is 153 cm³/mol. The number of anilines is 1. The van der Waals surface area contributed by atoms with Gasteiger partial charge in [0.2, 0.25) is 21.0 Å². The maximum atomic E-state index is 11.6. The van der Waals surface area contributed by atoms with Crippen molar-refractivity contribution in [3.63, 3.8) is 0 Å². The van der Waals surface area contributed by atoms with Crippen LogP contribution in [0.2, 0.25) is 0 Å². The van der Waals surface area contributed by atoms with Crippen molar-refractivity contribution in [2.24, 2.45) is 15.4 Å². The van der Waals surface area contributed by atoms with Gasteiger partial charge in [-0.3, -0.25) is 0 Å². The number of nitrogens with one attached hydrogen (secondary N) is 1. The summed E-state index contributed by atoms with van der Waals surface area (Å²) in [4.78, 5) is -0.0590. The molecule has 186 valence electrons. The zero-order valence-electron chi connectivity index (χ0n) is 19.2. The van der Waals surface area contributed by atoms with Crippen molar-refractivity contribution >= 4 is 76.3 Å². The van der Waals surface area contributed by atoms with E-state index in [9.17, 15) is 13.5 Å². The maximum absolute atomic E-state index is 11.6. The van der Waals surface area contributed by atoms with E-state index in [2.05, 4.69) is 49.7 Å². The zero-order chi connectivity index (χ0) is 26.2. The van der Waals surface area contributed by atoms with Crippen LogP contribution in [0.15, 0.2) is 105 Å². The molecule has 1 aromatic heterocycles. The lowest BCUT2D eigenvalue weighted by Gasteiger charge is -2.10. The largest absolute Gasteiger partial charge is 0.493 e. The second kappa shape index (κ2) is 10.0. The van der Waals surface area contributed by atoms with E-state index >= 15 is 0 Å². The Balaban J connectivity index is 1.49. The van der Waals surface area contributed by atoms with Crippen LogP contribution in [0, 0.1) is 0 Å². The number of halogens is 1. The molecule has 0 saturated heterocycles. The Kier molecular flexibility index (Phi) is 6.78. The molecular weight excluding hydrogens is 574 g/mol. The Morgan fingerprint density at radius 3 is 2.57 bits per heavy atom. The van der Waals surface area contributed by atoms with E-state index in [-0.39, 0.29) is 21.6 Å². The number of rotatable bonds is 5. The summed E-state index contributed by atoms with van der Waals surface area (Å²) in [6, 6.07) is 25.7. The summed E-state index contributed by atoms with van der Waals surface area (Å²) in [6.45, 7) is 0.421. The van der Waals surface area contributed by atoms with E-state index in [4.69, 9.17) is 17.4 Å². The third kappa shape index (κ3) is 5.25. The number of primary sulfonamides is 1. The minimum Gasteiger partial charge on any atom is -0.493 e. The molecule has 4 N–H and O–H groups in total. The topological polar surface area (TPSA) is 122 Å². The SMILES string of the molecule is NS(=O)(=O)c1cccc(NC(=S)N=Nc2c(O)n(Cc3cccc4ccccc34)c3ccc(Br)cc23)c1. The van der Waals surface area contributed by atoms with E-state index in [1.165, 1.54) is 18.2 Å². The molecule has 0 atom stereocenters. The molecule has 1 heterocycles. The molecule has 0 fully saturated rings. The van der Waals surface area contributed by atoms with Crippen LogP contribution in [0.25, 0.3) is 21.7 Å². The van der Waals surface area contributed by atoms with Crippen molar-refractivity contribution in [2.45, 2.75) is 11.4 Å². The minimum atomic E-state index is -3.86. The highest BCUT2D eigenvalue weighted by Crippen LogP contribution is 2.41. The molecule has 0 saturated carbocycles. The monoisotopic (exact) mass is 593 g/mol. The molecule has 0 amide bonds. The summed E-state index contributed by atoms with van der Waals surface area (Å²) in [5, 5.41) is 30.4. The Bertz CT molecular complexity index is 1810. The standard InChI is InChI=1S/C26H20BrN5O3S2/c27-18-11-12-23-22(13-18)24(30-31-26(36)29-19-8-4-9-20(14-19)37(28,34)35)25(33)32(23)15-17-7-3-6-16-5-1-2-10-21(16)17/h1-14,33H,15H2,(H,29,36)(H2,28,34,35). The second-order valence-corrected chi connectivity index (χ2v) is 11.1. The van der Waals surface area contributed by atoms with Crippen LogP contribution in [0.5, 0.6) is 5.88 Å². The van der Waals surface area contributed by atoms with Gasteiger partial charge in [-0.25, -0.2) is 13.6 Å². The number of aromatic hydroxyl groups is 1. The molecule has 0 radical (unpaired) electrons. The highest BCUT2D eigenvalue weighted by Gasteiger charge is 2.18. The van der Waals surface area contributed by atoms with Gasteiger partial charge in [-0.15, -0.1) is 10.2 Å². The molecule has 8 nitrogen and oxygen atoms in total. The highest BCUT2D eigenvalue weighted by atomic mass is 79.9. The Labute approximate surface area is 226 Å². The van der Waals surface area contributed by atoms with Crippen molar-refractivity contribution in [3.8, 4) is 5.88 Å². The number of fused-ring (bicyclic) bond motifs is 2. The summed E-state index contributed by atoms with van der Waals surface area (Å²) < 4.78 is 25.8. The lowest BCUT2D eigenvalue weighted by atomic mass is 10.0. The van der Waals surface area contributed by atoms with Gasteiger partial charge in [0.05, 0.1) is 17.0 Å². The molecule has 37 heavy (non-hydrogen) atoms. The van der Waals surface area contributed by atoms with Crippen molar-refractivity contribution < 1.29 is 13.5 Å². The highest BCUT2D eigenvalue weighted by molar-refractivity contribution is 9.10. The lowest BCUT2D eigenvalue weighted by Crippen LogP contribution is -2.13. The quantitative estimate of drug-likeness (QED) is 0.160. The molecule has 0 aliphatic carbocycles. The van der Waals surface area contributed by atoms with E-state index in [1.54, 1.807) is 10.6 Å². The summed E-state index contributed by atoms with van der Waals surface area (Å²) in [7, 11) is -3.86. The third-order valence-electron chi connectivity index (χ3n) is 5.84. The second-order valence-electron chi connectivity index (χ2n) is 8.26. The number of sulfonamides is 1. The number of hydrogen-bond donors (Lipinski definition) is 3. The first-order chi connectivity index (χ1) is 17.7. The number of nitrogens with two attached hydrogens (primary N) is 1. The van der Waals surface area contributed by atoms with Crippen LogP contribution in [0.1, 0.15) is 5.56 Å². The van der Waals surface area contributed by atoms with Crippen molar-refractivity contribution in [1.29, 1.82) is 0 Å². The van der Waals surface area contributed by atoms with Crippen molar-refractivity contribution in [3.05, 3.63) is 95.0 Å². The number of azo groups is 1. The van der Waals surface area contributed by atoms with Gasteiger partial charge in [0.15, 0.2) is 5.69 Å². The summed E-state index contributed by atoms with van der Waals surface area (Å²) in [6.07, 6.45) is 0. The van der Waals surface area contributed by atoms with Gasteiger partial charge in [0.1, 0.15) is 0 Å². The van der Waals surface area contributed by atoms with Gasteiger partial charge in [-0.1, -0.05) is 64.5 Å². The third-order valence-corrected chi connectivity index (χ3v) is 7.42. The van der Waals surface area contributed by atoms with Gasteiger partial charge < -0.3 is 15.0 Å². The fourth-order valence-electron chi connectivity index (χ4n) is 4.15. The number of benzene rings is 4. The predicted octanol–water partition coefficient (Wildman–Crippen LogP) is 6.44. The average molecular weight is 595 g/mol. The average Bonchev–Trinajstić information content (AvgIpc) is 3.12. The Hall–Kier alpha value is -3.64. The Morgan fingerprint density at radius 2 is 1.76 bits per heavy atom. The lowest BCUT2D eigenvalue weighted by molar-refractivity contribution is 0.430. The molecule has 5 rings (SSSR count). The van der Waals surface area contributed by atoms with Crippen LogP contribution < -0.4 is 10.5 Å². The van der Waals surface area contributed by atoms with Crippen LogP contribution in [0.3, 0.4) is 0 Å². The smallest absolute Gasteiger partial charge is 0.238 e. The van der Waals surface area contributed by atoms with E-state index in [0.29, 0.717) is 17.6 Å². The molecule has 5 aromatic rings.